The Kier molecular flexibility index (Phi) is 3.25. The van der Waals surface area contributed by atoms with Gasteiger partial charge >= 0.3 is 0 Å². The molecule has 70 valence electrons. The van der Waals surface area contributed by atoms with Crippen LogP contribution in [-0.2, 0) is 0 Å². The molecule has 0 unspecified atom stereocenters. The Morgan fingerprint density at radius 3 is 2.54 bits per heavy atom. The average molecular weight is 194 g/mol. The summed E-state index contributed by atoms with van der Waals surface area (Å²) in [5.41, 5.74) is 7.49. The molecule has 1 aromatic carbocycles. The lowest BCUT2D eigenvalue weighted by Crippen LogP contribution is -2.16. The molecule has 0 radical (unpaired) electrons. The monoisotopic (exact) mass is 194 g/mol. The van der Waals surface area contributed by atoms with E-state index >= 15 is 0 Å². The van der Waals surface area contributed by atoms with Crippen LogP contribution in [0.3, 0.4) is 0 Å². The number of anilines is 1. The van der Waals surface area contributed by atoms with Crippen molar-refractivity contribution in [2.75, 3.05) is 5.32 Å². The van der Waals surface area contributed by atoms with Crippen LogP contribution in [0, 0.1) is 0 Å². The van der Waals surface area contributed by atoms with E-state index in [0.29, 0.717) is 11.0 Å². The topological polar surface area (TPSA) is 38.0 Å². The summed E-state index contributed by atoms with van der Waals surface area (Å²) in [5.74, 6) is 0. The predicted octanol–water partition coefficient (Wildman–Crippen LogP) is 2.14. The first-order valence-electron chi connectivity index (χ1n) is 4.26. The fraction of sp³-hybridized carbons (Fsp3) is 0.300. The van der Waals surface area contributed by atoms with Gasteiger partial charge < -0.3 is 11.1 Å². The lowest BCUT2D eigenvalue weighted by atomic mass is 10.1. The number of nitrogens with one attached hydrogen (secondary N) is 1. The lowest BCUT2D eigenvalue weighted by Gasteiger charge is -2.13. The molecule has 0 amide bonds. The van der Waals surface area contributed by atoms with Gasteiger partial charge in [-0.25, -0.2) is 0 Å². The minimum atomic E-state index is 0.385. The van der Waals surface area contributed by atoms with E-state index in [4.69, 9.17) is 18.0 Å². The first kappa shape index (κ1) is 9.99. The van der Waals surface area contributed by atoms with Gasteiger partial charge in [0.2, 0.25) is 0 Å². The Labute approximate surface area is 84.1 Å². The highest BCUT2D eigenvalue weighted by molar-refractivity contribution is 7.80. The van der Waals surface area contributed by atoms with Crippen LogP contribution in [0.25, 0.3) is 0 Å². The van der Waals surface area contributed by atoms with E-state index in [-0.39, 0.29) is 0 Å². The normalized spacial score (nSPS) is 10.1. The molecule has 0 saturated heterocycles. The zero-order valence-electron chi connectivity index (χ0n) is 7.87. The molecule has 1 rings (SSSR count). The van der Waals surface area contributed by atoms with E-state index in [1.807, 2.05) is 24.3 Å². The van der Waals surface area contributed by atoms with Crippen LogP contribution in [0.5, 0.6) is 0 Å². The van der Waals surface area contributed by atoms with Crippen molar-refractivity contribution in [3.05, 3.63) is 29.8 Å². The van der Waals surface area contributed by atoms with Gasteiger partial charge in [-0.3, -0.25) is 0 Å². The maximum atomic E-state index is 5.58. The van der Waals surface area contributed by atoms with Gasteiger partial charge in [0.1, 0.15) is 4.99 Å². The minimum Gasteiger partial charge on any atom is -0.389 e. The predicted molar refractivity (Wildman–Crippen MR) is 61.1 cm³/mol. The van der Waals surface area contributed by atoms with Crippen molar-refractivity contribution in [1.29, 1.82) is 0 Å². The quantitative estimate of drug-likeness (QED) is 0.724. The summed E-state index contributed by atoms with van der Waals surface area (Å²) < 4.78 is 0. The average Bonchev–Trinajstić information content (AvgIpc) is 2.03. The Hall–Kier alpha value is -1.09. The van der Waals surface area contributed by atoms with Crippen LogP contribution in [0.4, 0.5) is 5.69 Å². The summed E-state index contributed by atoms with van der Waals surface area (Å²) in [6.45, 7) is 4.16. The molecule has 0 aliphatic heterocycles. The number of hydrogen-bond donors (Lipinski definition) is 2. The standard InChI is InChI=1S/C10H14N2S/c1-7(2)12-9-6-4-3-5-8(9)10(11)13/h3-7,12H,1-2H3,(H2,11,13). The van der Waals surface area contributed by atoms with Crippen molar-refractivity contribution in [2.45, 2.75) is 19.9 Å². The molecule has 0 aliphatic rings. The number of thiocarbonyl (C=S) groups is 1. The molecule has 0 atom stereocenters. The fourth-order valence-electron chi connectivity index (χ4n) is 1.13. The van der Waals surface area contributed by atoms with E-state index in [1.165, 1.54) is 0 Å². The van der Waals surface area contributed by atoms with Gasteiger partial charge in [-0.1, -0.05) is 24.4 Å². The van der Waals surface area contributed by atoms with Gasteiger partial charge in [0.15, 0.2) is 0 Å². The Bertz CT molecular complexity index is 308. The summed E-state index contributed by atoms with van der Waals surface area (Å²) in [6, 6.07) is 8.18. The summed E-state index contributed by atoms with van der Waals surface area (Å²) in [5, 5.41) is 3.29. The van der Waals surface area contributed by atoms with E-state index < -0.39 is 0 Å². The molecule has 0 fully saturated rings. The largest absolute Gasteiger partial charge is 0.389 e. The SMILES string of the molecule is CC(C)Nc1ccccc1C(N)=S. The number of para-hydroxylation sites is 1. The van der Waals surface area contributed by atoms with Crippen molar-refractivity contribution >= 4 is 22.9 Å². The van der Waals surface area contributed by atoms with Gasteiger partial charge in [-0.2, -0.15) is 0 Å². The van der Waals surface area contributed by atoms with Crippen LogP contribution in [0.2, 0.25) is 0 Å². The van der Waals surface area contributed by atoms with Crippen LogP contribution in [0.1, 0.15) is 19.4 Å². The highest BCUT2D eigenvalue weighted by Crippen LogP contribution is 2.15. The molecule has 0 saturated carbocycles. The van der Waals surface area contributed by atoms with Crippen LogP contribution in [0.15, 0.2) is 24.3 Å². The van der Waals surface area contributed by atoms with E-state index in [1.54, 1.807) is 0 Å². The molecule has 0 aromatic heterocycles. The molecule has 0 spiro atoms. The van der Waals surface area contributed by atoms with E-state index in [2.05, 4.69) is 19.2 Å². The van der Waals surface area contributed by atoms with Gasteiger partial charge in [-0.05, 0) is 26.0 Å². The molecule has 0 heterocycles. The highest BCUT2D eigenvalue weighted by atomic mass is 32.1. The molecule has 1 aromatic rings. The van der Waals surface area contributed by atoms with Crippen molar-refractivity contribution in [3.63, 3.8) is 0 Å². The first-order chi connectivity index (χ1) is 6.11. The molecule has 13 heavy (non-hydrogen) atoms. The molecule has 3 heteroatoms. The van der Waals surface area contributed by atoms with Gasteiger partial charge in [0.05, 0.1) is 0 Å². The number of benzene rings is 1. The maximum Gasteiger partial charge on any atom is 0.106 e. The smallest absolute Gasteiger partial charge is 0.106 e. The summed E-state index contributed by atoms with van der Waals surface area (Å²) >= 11 is 4.94. The second-order valence-corrected chi connectivity index (χ2v) is 3.65. The zero-order chi connectivity index (χ0) is 9.84. The van der Waals surface area contributed by atoms with Crippen LogP contribution >= 0.6 is 12.2 Å². The summed E-state index contributed by atoms with van der Waals surface area (Å²) in [7, 11) is 0. The Morgan fingerprint density at radius 2 is 2.00 bits per heavy atom. The molecule has 3 N–H and O–H groups in total. The van der Waals surface area contributed by atoms with Crippen molar-refractivity contribution in [2.24, 2.45) is 5.73 Å². The third-order valence-corrected chi connectivity index (χ3v) is 1.86. The maximum absolute atomic E-state index is 5.58. The highest BCUT2D eigenvalue weighted by Gasteiger charge is 2.03. The van der Waals surface area contributed by atoms with Gasteiger partial charge in [0.25, 0.3) is 0 Å². The fourth-order valence-corrected chi connectivity index (χ4v) is 1.31. The second kappa shape index (κ2) is 4.23. The zero-order valence-corrected chi connectivity index (χ0v) is 8.69. The van der Waals surface area contributed by atoms with Crippen molar-refractivity contribution < 1.29 is 0 Å². The van der Waals surface area contributed by atoms with Crippen LogP contribution < -0.4 is 11.1 Å². The van der Waals surface area contributed by atoms with Crippen LogP contribution in [-0.4, -0.2) is 11.0 Å². The molecular weight excluding hydrogens is 180 g/mol. The van der Waals surface area contributed by atoms with Crippen molar-refractivity contribution in [1.82, 2.24) is 0 Å². The minimum absolute atomic E-state index is 0.385. The Morgan fingerprint density at radius 1 is 1.38 bits per heavy atom. The van der Waals surface area contributed by atoms with E-state index in [9.17, 15) is 0 Å². The van der Waals surface area contributed by atoms with E-state index in [0.717, 1.165) is 11.3 Å². The van der Waals surface area contributed by atoms with Gasteiger partial charge in [-0.15, -0.1) is 0 Å². The lowest BCUT2D eigenvalue weighted by molar-refractivity contribution is 0.899. The molecule has 2 nitrogen and oxygen atoms in total. The number of rotatable bonds is 3. The number of hydrogen-bond acceptors (Lipinski definition) is 2. The second-order valence-electron chi connectivity index (χ2n) is 3.21. The van der Waals surface area contributed by atoms with Gasteiger partial charge in [0, 0.05) is 17.3 Å². The summed E-state index contributed by atoms with van der Waals surface area (Å²) in [4.78, 5) is 0.434. The molecule has 0 aliphatic carbocycles. The summed E-state index contributed by atoms with van der Waals surface area (Å²) in [6.07, 6.45) is 0. The first-order valence-corrected chi connectivity index (χ1v) is 4.67. The third kappa shape index (κ3) is 2.70. The molecular formula is C10H14N2S. The number of nitrogens with two attached hydrogens (primary N) is 1. The third-order valence-electron chi connectivity index (χ3n) is 1.64. The molecule has 0 bridgehead atoms. The Balaban J connectivity index is 2.98. The van der Waals surface area contributed by atoms with Crippen molar-refractivity contribution in [3.8, 4) is 0 Å².